The Morgan fingerprint density at radius 1 is 0.284 bits per heavy atom. The molecule has 0 N–H and O–H groups in total. The highest BCUT2D eigenvalue weighted by atomic mass is 15.1. The number of para-hydroxylation sites is 3. The molecule has 9 aromatic rings. The Bertz CT molecular complexity index is 3170. The fraction of sp³-hybridized carbons (Fsp3) is 0.169. The molecule has 0 saturated heterocycles. The van der Waals surface area contributed by atoms with Gasteiger partial charge in [0.25, 0.3) is 0 Å². The summed E-state index contributed by atoms with van der Waals surface area (Å²) in [5, 5.41) is 0. The van der Waals surface area contributed by atoms with Gasteiger partial charge in [0, 0.05) is 39.5 Å². The number of rotatable bonds is 8. The summed E-state index contributed by atoms with van der Waals surface area (Å²) >= 11 is 0. The van der Waals surface area contributed by atoms with Gasteiger partial charge in [0.15, 0.2) is 0 Å². The summed E-state index contributed by atoms with van der Waals surface area (Å²) in [6.45, 7) is 0. The summed E-state index contributed by atoms with van der Waals surface area (Å²) in [5.74, 6) is 3.00. The SMILES string of the molecule is c1ccc(N(c2ccccc2)c2ccc(C3(c4ccc(N(c5ccccc5)c5ccc6c(c5)C5(c7ccccc7-c7ccccc75)c5ccccc5-6)cc4)C4CC5CC(C4)CC3C5)cc2)cc1. The zero-order valence-corrected chi connectivity index (χ0v) is 37.7. The second kappa shape index (κ2) is 15.1. The summed E-state index contributed by atoms with van der Waals surface area (Å²) in [7, 11) is 0. The lowest BCUT2D eigenvalue weighted by Gasteiger charge is -2.62. The second-order valence-corrected chi connectivity index (χ2v) is 20.1. The van der Waals surface area contributed by atoms with E-state index in [9.17, 15) is 0 Å². The van der Waals surface area contributed by atoms with Crippen molar-refractivity contribution in [1.82, 2.24) is 0 Å². The van der Waals surface area contributed by atoms with E-state index in [1.807, 2.05) is 0 Å². The molecule has 0 aromatic heterocycles. The van der Waals surface area contributed by atoms with Crippen molar-refractivity contribution >= 4 is 34.1 Å². The van der Waals surface area contributed by atoms with Gasteiger partial charge in [-0.2, -0.15) is 0 Å². The predicted octanol–water partition coefficient (Wildman–Crippen LogP) is 16.7. The van der Waals surface area contributed by atoms with Crippen LogP contribution in [0.25, 0.3) is 22.3 Å². The number of fused-ring (bicyclic) bond motifs is 10. The lowest BCUT2D eigenvalue weighted by Crippen LogP contribution is -2.56. The molecular formula is C65H52N2. The van der Waals surface area contributed by atoms with E-state index < -0.39 is 5.41 Å². The van der Waals surface area contributed by atoms with E-state index in [0.717, 1.165) is 17.5 Å². The first kappa shape index (κ1) is 38.8. The lowest BCUT2D eigenvalue weighted by molar-refractivity contribution is -0.0418. The minimum absolute atomic E-state index is 0.0264. The highest BCUT2D eigenvalue weighted by Crippen LogP contribution is 2.66. The van der Waals surface area contributed by atoms with Crippen LogP contribution in [-0.4, -0.2) is 0 Å². The minimum atomic E-state index is -0.401. The minimum Gasteiger partial charge on any atom is -0.311 e. The molecule has 4 fully saturated rings. The topological polar surface area (TPSA) is 6.48 Å². The number of hydrogen-bond donors (Lipinski definition) is 0. The molecule has 0 heterocycles. The van der Waals surface area contributed by atoms with E-state index >= 15 is 0 Å². The maximum absolute atomic E-state index is 2.52. The summed E-state index contributed by atoms with van der Waals surface area (Å²) in [5.41, 5.74) is 20.4. The van der Waals surface area contributed by atoms with Crippen molar-refractivity contribution in [3.8, 4) is 22.3 Å². The summed E-state index contributed by atoms with van der Waals surface area (Å²) < 4.78 is 0. The molecule has 322 valence electrons. The van der Waals surface area contributed by atoms with Crippen molar-refractivity contribution in [2.75, 3.05) is 9.80 Å². The normalized spacial score (nSPS) is 21.9. The van der Waals surface area contributed by atoms with E-state index in [4.69, 9.17) is 0 Å². The van der Waals surface area contributed by atoms with E-state index in [1.165, 1.54) is 116 Å². The van der Waals surface area contributed by atoms with Gasteiger partial charge in [-0.3, -0.25) is 0 Å². The van der Waals surface area contributed by atoms with Gasteiger partial charge in [-0.15, -0.1) is 0 Å². The van der Waals surface area contributed by atoms with Crippen molar-refractivity contribution in [2.45, 2.75) is 42.9 Å². The van der Waals surface area contributed by atoms with Crippen LogP contribution >= 0.6 is 0 Å². The second-order valence-electron chi connectivity index (χ2n) is 20.1. The Labute approximate surface area is 394 Å². The molecule has 2 heteroatoms. The first-order chi connectivity index (χ1) is 33.2. The quantitative estimate of drug-likeness (QED) is 0.150. The Morgan fingerprint density at radius 3 is 1.03 bits per heavy atom. The molecule has 4 saturated carbocycles. The largest absolute Gasteiger partial charge is 0.311 e. The molecule has 0 unspecified atom stereocenters. The van der Waals surface area contributed by atoms with Crippen LogP contribution in [0.1, 0.15) is 65.5 Å². The molecule has 6 aliphatic rings. The molecular weight excluding hydrogens is 809 g/mol. The number of hydrogen-bond acceptors (Lipinski definition) is 2. The maximum atomic E-state index is 2.52. The monoisotopic (exact) mass is 860 g/mol. The zero-order valence-electron chi connectivity index (χ0n) is 37.7. The van der Waals surface area contributed by atoms with Crippen LogP contribution in [0, 0.1) is 23.7 Å². The highest BCUT2D eigenvalue weighted by molar-refractivity contribution is 5.96. The van der Waals surface area contributed by atoms with Gasteiger partial charge in [-0.1, -0.05) is 158 Å². The average Bonchev–Trinajstić information content (AvgIpc) is 3.85. The van der Waals surface area contributed by atoms with Crippen molar-refractivity contribution in [2.24, 2.45) is 23.7 Å². The summed E-state index contributed by atoms with van der Waals surface area (Å²) in [4.78, 5) is 4.89. The van der Waals surface area contributed by atoms with E-state index in [2.05, 4.69) is 240 Å². The lowest BCUT2D eigenvalue weighted by atomic mass is 9.42. The Hall–Kier alpha value is -7.42. The number of benzene rings is 9. The van der Waals surface area contributed by atoms with Crippen molar-refractivity contribution in [3.05, 3.63) is 264 Å². The maximum Gasteiger partial charge on any atom is 0.0726 e. The molecule has 0 atom stereocenters. The fourth-order valence-electron chi connectivity index (χ4n) is 14.7. The van der Waals surface area contributed by atoms with Gasteiger partial charge in [-0.25, -0.2) is 0 Å². The molecule has 2 nitrogen and oxygen atoms in total. The van der Waals surface area contributed by atoms with Gasteiger partial charge in [0.2, 0.25) is 0 Å². The molecule has 0 amide bonds. The van der Waals surface area contributed by atoms with Crippen molar-refractivity contribution < 1.29 is 0 Å². The van der Waals surface area contributed by atoms with Crippen LogP contribution in [0.15, 0.2) is 231 Å². The first-order valence-electron chi connectivity index (χ1n) is 24.6. The standard InChI is InChI=1S/C65H52N2/c1-4-16-50(17-5-1)66(51-18-6-2-7-19-51)53-32-28-46(29-33-53)64(48-39-44-38-45(41-48)42-49(64)40-44)47-30-34-54(35-31-47)67(52-20-8-3-9-21-52)55-36-37-59-58-24-12-15-27-62(58)65(63(59)43-55)60-25-13-10-22-56(60)57-23-11-14-26-61(57)65/h1-37,43-45,48-49H,38-42H2. The molecule has 0 radical (unpaired) electrons. The molecule has 4 bridgehead atoms. The molecule has 6 aliphatic carbocycles. The molecule has 15 rings (SSSR count). The Morgan fingerprint density at radius 2 is 0.612 bits per heavy atom. The molecule has 67 heavy (non-hydrogen) atoms. The molecule has 9 aromatic carbocycles. The summed E-state index contributed by atoms with van der Waals surface area (Å²) in [6.07, 6.45) is 6.76. The Balaban J connectivity index is 0.900. The van der Waals surface area contributed by atoms with Crippen LogP contribution in [0.5, 0.6) is 0 Å². The van der Waals surface area contributed by atoms with E-state index in [1.54, 1.807) is 0 Å². The molecule has 1 spiro atoms. The Kier molecular flexibility index (Phi) is 8.72. The highest BCUT2D eigenvalue weighted by Gasteiger charge is 2.58. The van der Waals surface area contributed by atoms with E-state index in [-0.39, 0.29) is 5.41 Å². The van der Waals surface area contributed by atoms with Gasteiger partial charge in [0.05, 0.1) is 5.41 Å². The third-order valence-corrected chi connectivity index (χ3v) is 16.9. The third kappa shape index (κ3) is 5.63. The number of nitrogens with zero attached hydrogens (tertiary/aromatic N) is 2. The first-order valence-corrected chi connectivity index (χ1v) is 24.6. The molecule has 0 aliphatic heterocycles. The van der Waals surface area contributed by atoms with Crippen LogP contribution < -0.4 is 9.80 Å². The van der Waals surface area contributed by atoms with Crippen LogP contribution in [0.3, 0.4) is 0 Å². The fourth-order valence-corrected chi connectivity index (χ4v) is 14.7. The third-order valence-electron chi connectivity index (χ3n) is 16.9. The average molecular weight is 861 g/mol. The smallest absolute Gasteiger partial charge is 0.0726 e. The van der Waals surface area contributed by atoms with Crippen molar-refractivity contribution in [1.29, 1.82) is 0 Å². The van der Waals surface area contributed by atoms with Crippen LogP contribution in [-0.2, 0) is 10.8 Å². The van der Waals surface area contributed by atoms with Crippen LogP contribution in [0.4, 0.5) is 34.1 Å². The van der Waals surface area contributed by atoms with Crippen molar-refractivity contribution in [3.63, 3.8) is 0 Å². The van der Waals surface area contributed by atoms with Gasteiger partial charge in [0.1, 0.15) is 0 Å². The van der Waals surface area contributed by atoms with Crippen LogP contribution in [0.2, 0.25) is 0 Å². The summed E-state index contributed by atoms with van der Waals surface area (Å²) in [6, 6.07) is 87.0. The van der Waals surface area contributed by atoms with Gasteiger partial charge < -0.3 is 9.80 Å². The van der Waals surface area contributed by atoms with Gasteiger partial charge >= 0.3 is 0 Å². The zero-order chi connectivity index (χ0) is 44.1. The van der Waals surface area contributed by atoms with Gasteiger partial charge in [-0.05, 0) is 184 Å². The number of anilines is 6. The van der Waals surface area contributed by atoms with E-state index in [0.29, 0.717) is 11.8 Å². The predicted molar refractivity (Wildman–Crippen MR) is 276 cm³/mol.